The quantitative estimate of drug-likeness (QED) is 0.144. The van der Waals surface area contributed by atoms with Gasteiger partial charge in [0.25, 0.3) is 0 Å². The second-order valence-corrected chi connectivity index (χ2v) is 20.0. The lowest BCUT2D eigenvalue weighted by atomic mass is 9.73. The number of nitrogens with zero attached hydrogens (tertiary/aromatic N) is 4. The summed E-state index contributed by atoms with van der Waals surface area (Å²) in [6.45, 7) is 4.76. The SMILES string of the molecule is CN1/C(=C/C=C/C2=[N+](C)c3ccccc3C2(C)Cc2ccc(CC3(C)C(/C=C/C=C4\Sc5c(Cl)cc(Cl)cc5N4C)=[N+](C)c4ccccc43)cc2)Sc2c(Cl)cc(Cl)cc21. The van der Waals surface area contributed by atoms with Gasteiger partial charge in [0.1, 0.15) is 14.1 Å². The number of allylic oxidation sites excluding steroid dienone is 6. The molecule has 10 heteroatoms. The summed E-state index contributed by atoms with van der Waals surface area (Å²) in [6.07, 6.45) is 15.0. The van der Waals surface area contributed by atoms with E-state index in [1.807, 2.05) is 24.3 Å². The van der Waals surface area contributed by atoms with Crippen LogP contribution in [-0.4, -0.2) is 48.8 Å². The molecule has 0 bridgehead atoms. The first-order valence-corrected chi connectivity index (χ1v) is 23.0. The molecule has 2 unspecified atom stereocenters. The molecule has 9 rings (SSSR count). The van der Waals surface area contributed by atoms with Gasteiger partial charge in [-0.15, -0.1) is 0 Å². The summed E-state index contributed by atoms with van der Waals surface area (Å²) >= 11 is 29.2. The van der Waals surface area contributed by atoms with Crippen molar-refractivity contribution < 1.29 is 9.15 Å². The maximum absolute atomic E-state index is 6.58. The van der Waals surface area contributed by atoms with Gasteiger partial charge in [-0.2, -0.15) is 9.15 Å². The third-order valence-corrected chi connectivity index (χ3v) is 16.2. The van der Waals surface area contributed by atoms with Crippen molar-refractivity contribution in [2.24, 2.45) is 0 Å². The molecule has 5 aromatic rings. The van der Waals surface area contributed by atoms with Crippen LogP contribution in [0.25, 0.3) is 0 Å². The van der Waals surface area contributed by atoms with Crippen LogP contribution < -0.4 is 9.80 Å². The minimum atomic E-state index is -0.236. The maximum Gasteiger partial charge on any atom is 0.209 e. The maximum atomic E-state index is 6.58. The van der Waals surface area contributed by atoms with E-state index >= 15 is 0 Å². The molecule has 0 fully saturated rings. The molecular weight excluding hydrogens is 863 g/mol. The standard InChI is InChI=1S/C50H44Cl4N4S2/c1-49(35-13-7-9-15-39(35)55(3)43(49)17-11-19-45-57(5)41-27-33(51)25-37(53)47(41)59-45)29-31-21-23-32(24-22-31)30-50(2)36-14-8-10-16-40(36)56(4)44(50)18-12-20-46-58(6)42-28-34(52)26-38(54)48(42)60-46/h7-28H,29-30H2,1-6H3/q+2. The fourth-order valence-electron chi connectivity index (χ4n) is 9.41. The van der Waals surface area contributed by atoms with Crippen LogP contribution in [0.1, 0.15) is 36.1 Å². The van der Waals surface area contributed by atoms with Gasteiger partial charge in [-0.25, -0.2) is 0 Å². The second-order valence-electron chi connectivity index (χ2n) is 16.3. The Labute approximate surface area is 381 Å². The zero-order valence-corrected chi connectivity index (χ0v) is 38.9. The molecule has 4 aliphatic heterocycles. The molecular formula is C50H44Cl4N4S2+2. The highest BCUT2D eigenvalue weighted by Gasteiger charge is 2.48. The number of fused-ring (bicyclic) bond motifs is 4. The normalized spacial score (nSPS) is 22.0. The van der Waals surface area contributed by atoms with Gasteiger partial charge < -0.3 is 9.80 Å². The third-order valence-electron chi connectivity index (χ3n) is 12.5. The summed E-state index contributed by atoms with van der Waals surface area (Å²) in [5.41, 5.74) is 11.8. The van der Waals surface area contributed by atoms with Crippen LogP contribution in [0.4, 0.5) is 22.7 Å². The Morgan fingerprint density at radius 3 is 1.35 bits per heavy atom. The number of benzene rings is 5. The number of hydrogen-bond acceptors (Lipinski definition) is 4. The van der Waals surface area contributed by atoms with Gasteiger partial charge in [-0.05, 0) is 74.2 Å². The van der Waals surface area contributed by atoms with E-state index in [2.05, 4.69) is 170 Å². The highest BCUT2D eigenvalue weighted by Crippen LogP contribution is 2.51. The number of rotatable bonds is 8. The predicted octanol–water partition coefficient (Wildman–Crippen LogP) is 14.0. The van der Waals surface area contributed by atoms with Crippen LogP contribution in [0.2, 0.25) is 20.1 Å². The topological polar surface area (TPSA) is 12.5 Å². The molecule has 0 saturated heterocycles. The van der Waals surface area contributed by atoms with Crippen molar-refractivity contribution in [3.05, 3.63) is 186 Å². The predicted molar refractivity (Wildman–Crippen MR) is 259 cm³/mol. The summed E-state index contributed by atoms with van der Waals surface area (Å²) in [6, 6.07) is 34.5. The molecule has 4 aliphatic rings. The largest absolute Gasteiger partial charge is 0.338 e. The Bertz CT molecular complexity index is 2610. The van der Waals surface area contributed by atoms with Crippen molar-refractivity contribution in [3.8, 4) is 0 Å². The number of halogens is 4. The molecule has 4 nitrogen and oxygen atoms in total. The van der Waals surface area contributed by atoms with Crippen LogP contribution >= 0.6 is 69.9 Å². The van der Waals surface area contributed by atoms with Crippen LogP contribution in [0.3, 0.4) is 0 Å². The van der Waals surface area contributed by atoms with E-state index in [1.54, 1.807) is 23.5 Å². The van der Waals surface area contributed by atoms with Gasteiger partial charge in [0.2, 0.25) is 11.4 Å². The van der Waals surface area contributed by atoms with Gasteiger partial charge >= 0.3 is 0 Å². The molecule has 0 aromatic heterocycles. The van der Waals surface area contributed by atoms with Gasteiger partial charge in [0, 0.05) is 59.6 Å². The highest BCUT2D eigenvalue weighted by atomic mass is 35.5. The summed E-state index contributed by atoms with van der Waals surface area (Å²) < 4.78 is 4.69. The monoisotopic (exact) mass is 904 g/mol. The Morgan fingerprint density at radius 2 is 0.950 bits per heavy atom. The first-order valence-electron chi connectivity index (χ1n) is 19.8. The molecule has 0 spiro atoms. The number of thioether (sulfide) groups is 2. The van der Waals surface area contributed by atoms with E-state index in [0.717, 1.165) is 44.1 Å². The lowest BCUT2D eigenvalue weighted by Gasteiger charge is -2.24. The van der Waals surface area contributed by atoms with Gasteiger partial charge in [-0.1, -0.05) is 143 Å². The van der Waals surface area contributed by atoms with Crippen molar-refractivity contribution >= 4 is 104 Å². The Morgan fingerprint density at radius 1 is 0.567 bits per heavy atom. The van der Waals surface area contributed by atoms with Crippen molar-refractivity contribution in [2.75, 3.05) is 38.0 Å². The first kappa shape index (κ1) is 41.2. The van der Waals surface area contributed by atoms with Crippen molar-refractivity contribution in [2.45, 2.75) is 47.3 Å². The average molecular weight is 907 g/mol. The van der Waals surface area contributed by atoms with Crippen LogP contribution in [-0.2, 0) is 23.7 Å². The van der Waals surface area contributed by atoms with E-state index in [0.29, 0.717) is 20.1 Å². The zero-order valence-electron chi connectivity index (χ0n) is 34.2. The number of hydrogen-bond donors (Lipinski definition) is 0. The lowest BCUT2D eigenvalue weighted by Crippen LogP contribution is -2.33. The fourth-order valence-corrected chi connectivity index (χ4v) is 12.7. The second kappa shape index (κ2) is 16.0. The van der Waals surface area contributed by atoms with E-state index in [-0.39, 0.29) is 10.8 Å². The third kappa shape index (κ3) is 7.07. The van der Waals surface area contributed by atoms with Gasteiger partial charge in [0.15, 0.2) is 11.4 Å². The minimum absolute atomic E-state index is 0.236. The molecule has 0 amide bonds. The number of anilines is 2. The van der Waals surface area contributed by atoms with E-state index in [9.17, 15) is 0 Å². The molecule has 60 heavy (non-hydrogen) atoms. The minimum Gasteiger partial charge on any atom is -0.338 e. The summed E-state index contributed by atoms with van der Waals surface area (Å²) in [5, 5.41) is 4.83. The van der Waals surface area contributed by atoms with Crippen LogP contribution in [0.15, 0.2) is 153 Å². The van der Waals surface area contributed by atoms with Gasteiger partial charge in [-0.3, -0.25) is 0 Å². The zero-order chi connectivity index (χ0) is 42.1. The number of para-hydroxylation sites is 2. The summed E-state index contributed by atoms with van der Waals surface area (Å²) in [4.78, 5) is 6.37. The molecule has 0 saturated carbocycles. The highest BCUT2D eigenvalue weighted by molar-refractivity contribution is 8.04. The van der Waals surface area contributed by atoms with Gasteiger partial charge in [0.05, 0.1) is 52.1 Å². The molecule has 5 aromatic carbocycles. The Kier molecular flexibility index (Phi) is 11.0. The lowest BCUT2D eigenvalue weighted by molar-refractivity contribution is -0.401. The molecule has 302 valence electrons. The van der Waals surface area contributed by atoms with E-state index in [4.69, 9.17) is 46.4 Å². The smallest absolute Gasteiger partial charge is 0.209 e. The average Bonchev–Trinajstić information content (AvgIpc) is 3.85. The molecule has 0 N–H and O–H groups in total. The van der Waals surface area contributed by atoms with Crippen molar-refractivity contribution in [3.63, 3.8) is 0 Å². The molecule has 0 aliphatic carbocycles. The fraction of sp³-hybridized carbons (Fsp3) is 0.200. The summed E-state index contributed by atoms with van der Waals surface area (Å²) in [7, 11) is 8.48. The molecule has 4 heterocycles. The Balaban J connectivity index is 0.966. The van der Waals surface area contributed by atoms with Crippen LogP contribution in [0, 0.1) is 0 Å². The van der Waals surface area contributed by atoms with Crippen molar-refractivity contribution in [1.82, 2.24) is 0 Å². The molecule has 0 radical (unpaired) electrons. The Hall–Kier alpha value is -4.14. The molecule has 2 atom stereocenters. The van der Waals surface area contributed by atoms with E-state index < -0.39 is 0 Å². The van der Waals surface area contributed by atoms with E-state index in [1.165, 1.54) is 45.1 Å². The van der Waals surface area contributed by atoms with Crippen LogP contribution in [0.5, 0.6) is 0 Å². The summed E-state index contributed by atoms with van der Waals surface area (Å²) in [5.74, 6) is 0. The van der Waals surface area contributed by atoms with Crippen molar-refractivity contribution in [1.29, 1.82) is 0 Å². The first-order chi connectivity index (χ1) is 28.8.